The third-order valence-electron chi connectivity index (χ3n) is 19.3. The second-order valence-corrected chi connectivity index (χ2v) is 30.8. The first-order chi connectivity index (χ1) is 66.6. The van der Waals surface area contributed by atoms with Crippen LogP contribution in [0.1, 0.15) is 67.1 Å². The number of nitrogens with zero attached hydrogens (tertiary/aromatic N) is 12. The molecule has 0 aliphatic heterocycles. The van der Waals surface area contributed by atoms with Crippen LogP contribution in [0, 0.1) is 113 Å². The molecule has 10 aromatic heterocycles. The standard InChI is InChI=1S/5C16H11N2.C12H13.2C9H9N.C8H5.C2H3.CH4.ClHO4.5Ni/c5*1-3-10-17-15(8-1)13-6-5-7-14(12-13)16-9-2-4-11-18-16;1-5-10-6-8-11(9-7-10)12(2,3)4;2*1-7-5-4-6-8(2)9(7)10-3;1-2-8-6-4-3-5-7-8;1-2;;2-1(3,4)5;;;;;/h5*1-11H;6-9H,2-4H3;2*4-6H,1-2H3;3-7H;1H,2H2;1H4;(H,2,3,4,5);;;;;/q6*-1;;;2*-1;;;5*+2/p-1. The summed E-state index contributed by atoms with van der Waals surface area (Å²) in [5.74, 6) is 4.63. The Hall–Kier alpha value is -15.1. The van der Waals surface area contributed by atoms with Crippen molar-refractivity contribution in [3.05, 3.63) is 544 Å². The van der Waals surface area contributed by atoms with Crippen molar-refractivity contribution < 1.29 is 111 Å². The molecule has 16 nitrogen and oxygen atoms in total. The van der Waals surface area contributed by atoms with Crippen LogP contribution in [0.3, 0.4) is 0 Å². The van der Waals surface area contributed by atoms with Crippen molar-refractivity contribution in [2.75, 3.05) is 0 Å². The van der Waals surface area contributed by atoms with Crippen LogP contribution in [0.15, 0.2) is 433 Å². The van der Waals surface area contributed by atoms with E-state index in [0.29, 0.717) is 0 Å². The Balaban J connectivity index is 0.000000412. The van der Waals surface area contributed by atoms with Crippen LogP contribution in [0.5, 0.6) is 0 Å². The molecule has 0 amide bonds. The third-order valence-corrected chi connectivity index (χ3v) is 19.3. The smallest absolute Gasteiger partial charge is 0.521 e. The van der Waals surface area contributed by atoms with Crippen LogP contribution in [0.25, 0.3) is 122 Å². The predicted octanol–water partition coefficient (Wildman–Crippen LogP) is 24.8. The topological polar surface area (TPSA) is 230 Å². The maximum Gasteiger partial charge on any atom is 2.00 e. The average molecular weight is 2110 g/mol. The molecule has 19 aromatic rings. The van der Waals surface area contributed by atoms with Gasteiger partial charge in [0.1, 0.15) is 0 Å². The van der Waals surface area contributed by atoms with Crippen LogP contribution in [-0.4, -0.2) is 49.8 Å². The molecule has 19 rings (SSSR count). The molecule has 0 radical (unpaired) electrons. The van der Waals surface area contributed by atoms with Crippen molar-refractivity contribution in [1.29, 1.82) is 0 Å². The SMILES string of the molecule is C.[C-]#Cc1ccc(C(C)(C)C)cc1.[C-]#Cc1ccccc1.[C-]#[N+]c1c(C)cccc1C.[C-]#[N+]c1c(C)cccc1C.[CH-]=C.[Ni+2].[Ni+2].[Ni+2].[Ni+2].[Ni+2].[O-][Cl+3]([O-])([O-])[O-].[c-]1c(-c2ccccn2)cccc1-c1ccccn1.[c-]1c(-c2ccccn2)cccc1-c1ccccn1.[c-]1c(-c2ccccn2)cccc1-c1ccccn1.[c-]1c(-c2ccccn2)cccc1-c1ccccn1.[c-]1c(-c2ccccn2)cccc1-c1ccccn1. The number of rotatable bonds is 10. The summed E-state index contributed by atoms with van der Waals surface area (Å²) in [6.45, 7) is 35.1. The van der Waals surface area contributed by atoms with Gasteiger partial charge in [0.05, 0.1) is 13.1 Å². The largest absolute Gasteiger partial charge is 2.00 e. The number of halogens is 1. The molecule has 10 heterocycles. The van der Waals surface area contributed by atoms with E-state index < -0.39 is 10.2 Å². The van der Waals surface area contributed by atoms with Crippen molar-refractivity contribution >= 4 is 11.4 Å². The third kappa shape index (κ3) is 42.9. The fraction of sp³-hybridized carbons (Fsp3) is 0.0744. The average Bonchev–Trinajstić information content (AvgIpc) is 0.851. The zero-order valence-electron chi connectivity index (χ0n) is 78.2. The summed E-state index contributed by atoms with van der Waals surface area (Å²) in [4.78, 5) is 50.2. The van der Waals surface area contributed by atoms with E-state index in [1.54, 1.807) is 62.0 Å². The Morgan fingerprint density at radius 1 is 0.252 bits per heavy atom. The van der Waals surface area contributed by atoms with Gasteiger partial charge < -0.3 is 19.4 Å². The van der Waals surface area contributed by atoms with Gasteiger partial charge in [0.25, 0.3) is 0 Å². The van der Waals surface area contributed by atoms with Crippen molar-refractivity contribution in [3.8, 4) is 124 Å². The van der Waals surface area contributed by atoms with E-state index in [9.17, 15) is 0 Å². The maximum atomic E-state index is 8.49. The molecule has 0 aliphatic rings. The summed E-state index contributed by atoms with van der Waals surface area (Å²) < 4.78 is 34.0. The number of benzene rings is 9. The van der Waals surface area contributed by atoms with Gasteiger partial charge in [-0.25, -0.2) is 28.3 Å². The zero-order chi connectivity index (χ0) is 97.7. The number of pyridine rings is 10. The summed E-state index contributed by atoms with van der Waals surface area (Å²) in [6, 6.07) is 135. The molecule has 0 aliphatic carbocycles. The van der Waals surface area contributed by atoms with Crippen LogP contribution in [-0.2, 0) is 87.9 Å². The van der Waals surface area contributed by atoms with Crippen LogP contribution >= 0.6 is 0 Å². The Bertz CT molecular complexity index is 5920. The monoisotopic (exact) mass is 2110 g/mol. The molecule has 722 valence electrons. The number of hydrogen-bond donors (Lipinski definition) is 0. The van der Waals surface area contributed by atoms with Crippen molar-refractivity contribution in [1.82, 2.24) is 49.8 Å². The van der Waals surface area contributed by atoms with Gasteiger partial charge in [-0.1, -0.05) is 272 Å². The minimum atomic E-state index is -4.94. The van der Waals surface area contributed by atoms with Crippen LogP contribution in [0.4, 0.5) is 11.4 Å². The number of aromatic nitrogens is 10. The molecule has 143 heavy (non-hydrogen) atoms. The Kier molecular flexibility index (Phi) is 57.5. The van der Waals surface area contributed by atoms with Gasteiger partial charge in [-0.05, 0) is 122 Å². The van der Waals surface area contributed by atoms with E-state index in [4.69, 9.17) is 44.6 Å². The van der Waals surface area contributed by atoms with Gasteiger partial charge in [-0.15, -0.1) is 167 Å². The molecule has 0 saturated heterocycles. The van der Waals surface area contributed by atoms with E-state index in [1.807, 2.05) is 380 Å². The fourth-order valence-corrected chi connectivity index (χ4v) is 12.6. The predicted molar refractivity (Wildman–Crippen MR) is 544 cm³/mol. The molecule has 22 heteroatoms. The van der Waals surface area contributed by atoms with E-state index in [2.05, 4.69) is 148 Å². The van der Waals surface area contributed by atoms with E-state index in [0.717, 1.165) is 157 Å². The van der Waals surface area contributed by atoms with E-state index in [-0.39, 0.29) is 95.3 Å². The number of aryl methyl sites for hydroxylation is 4. The Morgan fingerprint density at radius 2 is 0.406 bits per heavy atom. The van der Waals surface area contributed by atoms with E-state index in [1.165, 1.54) is 5.56 Å². The molecular weight excluding hydrogens is 2010 g/mol. The van der Waals surface area contributed by atoms with Crippen molar-refractivity contribution in [3.63, 3.8) is 0 Å². The zero-order valence-corrected chi connectivity index (χ0v) is 83.9. The molecule has 0 spiro atoms. The normalized spacial score (nSPS) is 9.48. The van der Waals surface area contributed by atoms with Crippen LogP contribution in [0.2, 0.25) is 0 Å². The molecule has 0 bridgehead atoms. The summed E-state index contributed by atoms with van der Waals surface area (Å²) in [7, 11) is -4.94. The van der Waals surface area contributed by atoms with Gasteiger partial charge in [-0.2, -0.15) is 0 Å². The first kappa shape index (κ1) is 122. The fourth-order valence-electron chi connectivity index (χ4n) is 12.6. The first-order valence-electron chi connectivity index (χ1n) is 42.8. The van der Waals surface area contributed by atoms with E-state index >= 15 is 0 Å². The minimum Gasteiger partial charge on any atom is -0.521 e. The van der Waals surface area contributed by atoms with Gasteiger partial charge in [0, 0.05) is 119 Å². The first-order valence-corrected chi connectivity index (χ1v) is 44.0. The molecule has 0 fully saturated rings. The number of hydrogen-bond acceptors (Lipinski definition) is 14. The Labute approximate surface area is 894 Å². The van der Waals surface area contributed by atoms with Crippen molar-refractivity contribution in [2.45, 2.75) is 61.3 Å². The summed E-state index contributed by atoms with van der Waals surface area (Å²) in [5.41, 5.74) is 28.1. The maximum absolute atomic E-state index is 8.49. The molecule has 0 atom stereocenters. The minimum absolute atomic E-state index is 0. The van der Waals surface area contributed by atoms with Gasteiger partial charge >= 0.3 is 82.5 Å². The summed E-state index contributed by atoms with van der Waals surface area (Å²) >= 11 is 0. The summed E-state index contributed by atoms with van der Waals surface area (Å²) in [5, 5.41) is 0. The molecule has 9 aromatic carbocycles. The molecule has 0 saturated carbocycles. The van der Waals surface area contributed by atoms with Gasteiger partial charge in [0.2, 0.25) is 0 Å². The molecule has 0 unspecified atom stereocenters. The number of para-hydroxylation sites is 2. The second kappa shape index (κ2) is 67.3. The molecular formula is C121H98ClN12Ni5O4+. The van der Waals surface area contributed by atoms with Gasteiger partial charge in [0.15, 0.2) is 11.4 Å². The summed E-state index contributed by atoms with van der Waals surface area (Å²) in [6.07, 6.45) is 31.5. The molecule has 0 N–H and O–H groups in total. The quantitative estimate of drug-likeness (QED) is 0.0704. The Morgan fingerprint density at radius 3 is 0.531 bits per heavy atom. The van der Waals surface area contributed by atoms with Gasteiger partial charge in [-0.3, -0.25) is 68.3 Å². The van der Waals surface area contributed by atoms with Crippen LogP contribution < -0.4 is 18.6 Å². The second-order valence-electron chi connectivity index (χ2n) is 30.1. The van der Waals surface area contributed by atoms with Crippen molar-refractivity contribution in [2.24, 2.45) is 0 Å².